The third kappa shape index (κ3) is 3.99. The third-order valence-corrected chi connectivity index (χ3v) is 6.58. The van der Waals surface area contributed by atoms with E-state index < -0.39 is 0 Å². The number of guanidine groups is 2. The van der Waals surface area contributed by atoms with Crippen LogP contribution in [0.1, 0.15) is 11.1 Å². The molecule has 2 heterocycles. The Bertz CT molecular complexity index is 1480. The lowest BCUT2D eigenvalue weighted by Crippen LogP contribution is -2.35. The van der Waals surface area contributed by atoms with E-state index in [0.717, 1.165) is 62.4 Å². The number of aromatic amines is 1. The van der Waals surface area contributed by atoms with E-state index in [9.17, 15) is 0 Å². The van der Waals surface area contributed by atoms with Crippen molar-refractivity contribution in [1.82, 2.24) is 10.3 Å². The maximum absolute atomic E-state index is 7.96. The molecule has 0 aliphatic carbocycles. The molecule has 8 nitrogen and oxygen atoms in total. The summed E-state index contributed by atoms with van der Waals surface area (Å²) < 4.78 is 0. The fourth-order valence-electron chi connectivity index (χ4n) is 4.40. The molecule has 6 N–H and O–H groups in total. The normalized spacial score (nSPS) is 12.3. The first-order valence-electron chi connectivity index (χ1n) is 11.4. The molecule has 3 aromatic carbocycles. The Kier molecular flexibility index (Phi) is 5.49. The second kappa shape index (κ2) is 8.64. The zero-order chi connectivity index (χ0) is 24.7. The predicted octanol–water partition coefficient (Wildman–Crippen LogP) is 4.43. The van der Waals surface area contributed by atoms with Crippen LogP contribution in [0.25, 0.3) is 22.0 Å². The molecular weight excluding hydrogens is 436 g/mol. The van der Waals surface area contributed by atoms with Gasteiger partial charge in [-0.25, -0.2) is 0 Å². The topological polar surface area (TPSA) is 120 Å². The van der Waals surface area contributed by atoms with E-state index in [1.165, 1.54) is 0 Å². The van der Waals surface area contributed by atoms with Gasteiger partial charge in [0, 0.05) is 61.6 Å². The van der Waals surface area contributed by atoms with Gasteiger partial charge >= 0.3 is 0 Å². The van der Waals surface area contributed by atoms with Crippen LogP contribution >= 0.6 is 0 Å². The summed E-state index contributed by atoms with van der Waals surface area (Å²) >= 11 is 0. The summed E-state index contributed by atoms with van der Waals surface area (Å²) in [7, 11) is 5.40. The highest BCUT2D eigenvalue weighted by atomic mass is 15.2. The number of fused-ring (bicyclic) bond motifs is 2. The quantitative estimate of drug-likeness (QED) is 0.227. The van der Waals surface area contributed by atoms with Gasteiger partial charge in [0.15, 0.2) is 11.9 Å². The average Bonchev–Trinajstić information content (AvgIpc) is 3.50. The lowest BCUT2D eigenvalue weighted by Gasteiger charge is -2.19. The van der Waals surface area contributed by atoms with Gasteiger partial charge in [0.1, 0.15) is 0 Å². The lowest BCUT2D eigenvalue weighted by atomic mass is 9.99. The highest BCUT2D eigenvalue weighted by Crippen LogP contribution is 2.35. The Morgan fingerprint density at radius 2 is 1.66 bits per heavy atom. The molecule has 0 fully saturated rings. The van der Waals surface area contributed by atoms with Crippen molar-refractivity contribution in [2.45, 2.75) is 6.42 Å². The predicted molar refractivity (Wildman–Crippen MR) is 146 cm³/mol. The fourth-order valence-corrected chi connectivity index (χ4v) is 4.40. The number of hydrogen-bond acceptors (Lipinski definition) is 3. The van der Waals surface area contributed by atoms with E-state index in [1.807, 2.05) is 37.5 Å². The van der Waals surface area contributed by atoms with Crippen molar-refractivity contribution in [2.75, 3.05) is 30.9 Å². The fraction of sp³-hybridized carbons (Fsp3) is 0.148. The molecule has 8 heteroatoms. The maximum atomic E-state index is 7.96. The Morgan fingerprint density at radius 1 is 0.943 bits per heavy atom. The Morgan fingerprint density at radius 3 is 2.37 bits per heavy atom. The smallest absolute Gasteiger partial charge is 0.195 e. The van der Waals surface area contributed by atoms with Gasteiger partial charge in [-0.3, -0.25) is 15.8 Å². The molecule has 35 heavy (non-hydrogen) atoms. The van der Waals surface area contributed by atoms with Crippen LogP contribution in [-0.4, -0.2) is 43.8 Å². The van der Waals surface area contributed by atoms with Gasteiger partial charge < -0.3 is 25.8 Å². The molecule has 0 saturated heterocycles. The lowest BCUT2D eigenvalue weighted by molar-refractivity contribution is 1.06. The number of hydrogen-bond donors (Lipinski definition) is 5. The van der Waals surface area contributed by atoms with Crippen LogP contribution in [0.5, 0.6) is 0 Å². The number of anilines is 2. The van der Waals surface area contributed by atoms with Crippen LogP contribution in [-0.2, 0) is 6.42 Å². The summed E-state index contributed by atoms with van der Waals surface area (Å²) in [5, 5.41) is 19.6. The third-order valence-electron chi connectivity index (χ3n) is 6.58. The van der Waals surface area contributed by atoms with Crippen molar-refractivity contribution >= 4 is 45.6 Å². The summed E-state index contributed by atoms with van der Waals surface area (Å²) in [6.45, 7) is 0. The van der Waals surface area contributed by atoms with Crippen LogP contribution in [0.4, 0.5) is 17.1 Å². The number of aromatic nitrogens is 1. The zero-order valence-electron chi connectivity index (χ0n) is 20.0. The number of rotatable bonds is 4. The van der Waals surface area contributed by atoms with Crippen molar-refractivity contribution in [3.05, 3.63) is 78.0 Å². The van der Waals surface area contributed by atoms with Crippen LogP contribution in [0, 0.1) is 10.8 Å². The molecule has 0 amide bonds. The van der Waals surface area contributed by atoms with E-state index >= 15 is 0 Å². The van der Waals surface area contributed by atoms with E-state index in [0.29, 0.717) is 5.96 Å². The van der Waals surface area contributed by atoms with E-state index in [4.69, 9.17) is 21.5 Å². The Hall–Kier alpha value is -4.59. The van der Waals surface area contributed by atoms with Gasteiger partial charge in [0.05, 0.1) is 11.4 Å². The summed E-state index contributed by atoms with van der Waals surface area (Å²) in [5.41, 5.74) is 15.0. The molecule has 1 aliphatic rings. The molecule has 5 rings (SSSR count). The first kappa shape index (κ1) is 22.2. The second-order valence-corrected chi connectivity index (χ2v) is 8.66. The Balaban J connectivity index is 1.44. The van der Waals surface area contributed by atoms with Crippen molar-refractivity contribution in [2.24, 2.45) is 10.7 Å². The SMILES string of the molecule is CNC(=N)N(C)c1ccc(-c2ccc3[nH]cc(C4=Nc5ccc(N(C)C(=N)N)cc5C4)c3c2)cc1. The molecule has 1 aliphatic heterocycles. The average molecular weight is 465 g/mol. The van der Waals surface area contributed by atoms with E-state index in [-0.39, 0.29) is 5.96 Å². The first-order valence-corrected chi connectivity index (χ1v) is 11.4. The minimum atomic E-state index is 0.00761. The van der Waals surface area contributed by atoms with E-state index in [1.54, 1.807) is 23.9 Å². The van der Waals surface area contributed by atoms with Crippen molar-refractivity contribution in [3.63, 3.8) is 0 Å². The van der Waals surface area contributed by atoms with Gasteiger partial charge in [-0.1, -0.05) is 18.2 Å². The molecule has 0 unspecified atom stereocenters. The Labute approximate surface area is 204 Å². The van der Waals surface area contributed by atoms with Crippen LogP contribution in [0.3, 0.4) is 0 Å². The summed E-state index contributed by atoms with van der Waals surface area (Å²) in [5.74, 6) is 0.350. The van der Waals surface area contributed by atoms with Crippen molar-refractivity contribution < 1.29 is 0 Å². The van der Waals surface area contributed by atoms with Gasteiger partial charge in [0.25, 0.3) is 0 Å². The van der Waals surface area contributed by atoms with Crippen LogP contribution in [0.2, 0.25) is 0 Å². The number of benzene rings is 3. The van der Waals surface area contributed by atoms with Crippen molar-refractivity contribution in [3.8, 4) is 11.1 Å². The summed E-state index contributed by atoms with van der Waals surface area (Å²) in [6.07, 6.45) is 2.76. The molecule has 0 spiro atoms. The number of H-pyrrole nitrogens is 1. The van der Waals surface area contributed by atoms with Crippen LogP contribution in [0.15, 0.2) is 71.9 Å². The standard InChI is InChI=1S/C27H28N8/c1-31-27(30)35(3)19-7-4-16(5-8-19)17-6-10-24-21(13-17)22(15-32-24)25-14-18-12-20(34(2)26(28)29)9-11-23(18)33-25/h4-13,15,32H,14H2,1-3H3,(H3,28,29)(H2,30,31). The molecule has 0 atom stereocenters. The van der Waals surface area contributed by atoms with Gasteiger partial charge in [-0.2, -0.15) is 0 Å². The molecular formula is C27H28N8. The molecule has 0 saturated carbocycles. The minimum Gasteiger partial charge on any atom is -0.370 e. The monoisotopic (exact) mass is 464 g/mol. The van der Waals surface area contributed by atoms with Crippen molar-refractivity contribution in [1.29, 1.82) is 10.8 Å². The summed E-state index contributed by atoms with van der Waals surface area (Å²) in [6, 6.07) is 20.6. The minimum absolute atomic E-state index is 0.00761. The van der Waals surface area contributed by atoms with E-state index in [2.05, 4.69) is 46.7 Å². The van der Waals surface area contributed by atoms with Gasteiger partial charge in [-0.15, -0.1) is 0 Å². The number of nitrogens with zero attached hydrogens (tertiary/aromatic N) is 3. The number of aliphatic imine (C=N–C) groups is 1. The van der Waals surface area contributed by atoms with Crippen LogP contribution < -0.4 is 20.9 Å². The zero-order valence-corrected chi connectivity index (χ0v) is 20.0. The number of nitrogens with two attached hydrogens (primary N) is 1. The molecule has 1 aromatic heterocycles. The highest BCUT2D eigenvalue weighted by molar-refractivity contribution is 6.15. The molecule has 0 radical (unpaired) electrons. The van der Waals surface area contributed by atoms with Gasteiger partial charge in [0.2, 0.25) is 0 Å². The first-order chi connectivity index (χ1) is 16.9. The maximum Gasteiger partial charge on any atom is 0.195 e. The largest absolute Gasteiger partial charge is 0.370 e. The summed E-state index contributed by atoms with van der Waals surface area (Å²) in [4.78, 5) is 11.7. The highest BCUT2D eigenvalue weighted by Gasteiger charge is 2.20. The molecule has 176 valence electrons. The molecule has 0 bridgehead atoms. The second-order valence-electron chi connectivity index (χ2n) is 8.66. The number of nitrogens with one attached hydrogen (secondary N) is 4. The molecule has 4 aromatic rings. The van der Waals surface area contributed by atoms with Gasteiger partial charge in [-0.05, 0) is 59.2 Å².